The maximum atomic E-state index is 12.9. The smallest absolute Gasteiger partial charge is 0.331 e. The number of carbonyl (C=O) groups is 2. The van der Waals surface area contributed by atoms with Crippen LogP contribution < -0.4 is 0 Å². The first-order chi connectivity index (χ1) is 13.0. The Morgan fingerprint density at radius 2 is 2.00 bits per heavy atom. The molecule has 0 aliphatic carbocycles. The van der Waals surface area contributed by atoms with Gasteiger partial charge in [-0.25, -0.2) is 14.2 Å². The molecule has 0 atom stereocenters. The normalized spacial score (nSPS) is 11.1. The molecule has 3 aromatic rings. The number of aromatic nitrogens is 2. The second-order valence-electron chi connectivity index (χ2n) is 5.85. The van der Waals surface area contributed by atoms with E-state index in [1.807, 2.05) is 23.8 Å². The van der Waals surface area contributed by atoms with E-state index in [9.17, 15) is 14.0 Å². The van der Waals surface area contributed by atoms with Gasteiger partial charge < -0.3 is 4.74 Å². The molecule has 0 saturated heterocycles. The summed E-state index contributed by atoms with van der Waals surface area (Å²) >= 11 is 1.48. The Balaban J connectivity index is 1.63. The number of nitrogens with zero attached hydrogens (tertiary/aromatic N) is 2. The first kappa shape index (κ1) is 18.7. The molecule has 0 fully saturated rings. The summed E-state index contributed by atoms with van der Waals surface area (Å²) in [5, 5.41) is 2.65. The quantitative estimate of drug-likeness (QED) is 0.364. The summed E-state index contributed by atoms with van der Waals surface area (Å²) in [7, 11) is 0. The van der Waals surface area contributed by atoms with Crippen molar-refractivity contribution in [2.24, 2.45) is 0 Å². The highest BCUT2D eigenvalue weighted by Crippen LogP contribution is 2.22. The molecule has 7 heteroatoms. The van der Waals surface area contributed by atoms with Crippen LogP contribution in [0.2, 0.25) is 0 Å². The Bertz CT molecular complexity index is 989. The Morgan fingerprint density at radius 3 is 2.67 bits per heavy atom. The van der Waals surface area contributed by atoms with Crippen LogP contribution in [0.5, 0.6) is 0 Å². The van der Waals surface area contributed by atoms with Crippen LogP contribution in [0.4, 0.5) is 4.39 Å². The lowest BCUT2D eigenvalue weighted by molar-refractivity contribution is -0.136. The number of ketones is 1. The van der Waals surface area contributed by atoms with E-state index in [-0.39, 0.29) is 18.2 Å². The Kier molecular flexibility index (Phi) is 5.61. The minimum Gasteiger partial charge on any atom is -0.454 e. The summed E-state index contributed by atoms with van der Waals surface area (Å²) in [6.07, 6.45) is 4.41. The summed E-state index contributed by atoms with van der Waals surface area (Å²) in [5.41, 5.74) is 2.79. The Morgan fingerprint density at radius 1 is 1.26 bits per heavy atom. The largest absolute Gasteiger partial charge is 0.454 e. The van der Waals surface area contributed by atoms with Gasteiger partial charge in [0.05, 0.1) is 0 Å². The van der Waals surface area contributed by atoms with Gasteiger partial charge in [0.1, 0.15) is 5.82 Å². The third-order valence-electron chi connectivity index (χ3n) is 3.97. The molecule has 2 aromatic heterocycles. The number of benzene rings is 1. The van der Waals surface area contributed by atoms with Crippen molar-refractivity contribution in [2.75, 3.05) is 6.61 Å². The lowest BCUT2D eigenvalue weighted by Crippen LogP contribution is -2.13. The highest BCUT2D eigenvalue weighted by molar-refractivity contribution is 7.12. The van der Waals surface area contributed by atoms with E-state index in [1.165, 1.54) is 47.8 Å². The third-order valence-corrected chi connectivity index (χ3v) is 4.73. The van der Waals surface area contributed by atoms with Crippen LogP contribution in [-0.4, -0.2) is 27.9 Å². The molecule has 0 radical (unpaired) electrons. The zero-order chi connectivity index (χ0) is 19.4. The number of carbonyl (C=O) groups excluding carboxylic acids is 2. The number of hydrogen-bond donors (Lipinski definition) is 0. The number of aryl methyl sites for hydroxylation is 1. The van der Waals surface area contributed by atoms with E-state index in [0.717, 1.165) is 16.5 Å². The van der Waals surface area contributed by atoms with Crippen LogP contribution in [0.15, 0.2) is 48.0 Å². The number of Topliss-reactive ketones (excluding diaryl/α,β-unsaturated/α-hetero) is 1. The van der Waals surface area contributed by atoms with E-state index >= 15 is 0 Å². The molecule has 27 heavy (non-hydrogen) atoms. The standard InChI is InChI=1S/C20H17FN2O3S/c1-13-11-17(14(2)23(13)20-22-9-10-27-20)18(24)12-26-19(25)8-5-15-3-6-16(21)7-4-15/h3-11H,12H2,1-2H3/b8-5+. The van der Waals surface area contributed by atoms with E-state index in [2.05, 4.69) is 4.98 Å². The predicted octanol–water partition coefficient (Wildman–Crippen LogP) is 4.13. The fourth-order valence-corrected chi connectivity index (χ4v) is 3.42. The van der Waals surface area contributed by atoms with Gasteiger partial charge in [-0.3, -0.25) is 9.36 Å². The lowest BCUT2D eigenvalue weighted by Gasteiger charge is -2.05. The van der Waals surface area contributed by atoms with Gasteiger partial charge in [-0.2, -0.15) is 0 Å². The van der Waals surface area contributed by atoms with Crippen LogP contribution in [0, 0.1) is 19.7 Å². The van der Waals surface area contributed by atoms with Crippen LogP contribution in [0.1, 0.15) is 27.3 Å². The van der Waals surface area contributed by atoms with Crippen molar-refractivity contribution in [3.05, 3.63) is 76.3 Å². The molecule has 0 saturated carbocycles. The fraction of sp³-hybridized carbons (Fsp3) is 0.150. The van der Waals surface area contributed by atoms with Crippen LogP contribution in [-0.2, 0) is 9.53 Å². The third kappa shape index (κ3) is 4.38. The van der Waals surface area contributed by atoms with Gasteiger partial charge in [0, 0.05) is 34.6 Å². The van der Waals surface area contributed by atoms with Gasteiger partial charge in [-0.05, 0) is 43.7 Å². The summed E-state index contributed by atoms with van der Waals surface area (Å²) in [4.78, 5) is 28.5. The molecular formula is C20H17FN2O3S. The molecule has 5 nitrogen and oxygen atoms in total. The minimum atomic E-state index is -0.638. The van der Waals surface area contributed by atoms with Gasteiger partial charge >= 0.3 is 5.97 Å². The average Bonchev–Trinajstić information content (AvgIpc) is 3.27. The zero-order valence-corrected chi connectivity index (χ0v) is 15.6. The highest BCUT2D eigenvalue weighted by Gasteiger charge is 2.18. The molecule has 0 bridgehead atoms. The number of esters is 1. The molecule has 0 aliphatic rings. The number of rotatable bonds is 6. The zero-order valence-electron chi connectivity index (χ0n) is 14.8. The van der Waals surface area contributed by atoms with Crippen molar-refractivity contribution in [3.63, 3.8) is 0 Å². The molecule has 0 spiro atoms. The first-order valence-corrected chi connectivity index (χ1v) is 9.06. The van der Waals surface area contributed by atoms with Gasteiger partial charge in [-0.1, -0.05) is 12.1 Å². The molecular weight excluding hydrogens is 367 g/mol. The molecule has 138 valence electrons. The topological polar surface area (TPSA) is 61.2 Å². The monoisotopic (exact) mass is 384 g/mol. The van der Waals surface area contributed by atoms with Gasteiger partial charge in [0.15, 0.2) is 11.7 Å². The van der Waals surface area contributed by atoms with Gasteiger partial charge in [-0.15, -0.1) is 11.3 Å². The number of ether oxygens (including phenoxy) is 1. The van der Waals surface area contributed by atoms with E-state index in [4.69, 9.17) is 4.74 Å². The summed E-state index contributed by atoms with van der Waals surface area (Å²) in [6.45, 7) is 3.37. The molecule has 0 N–H and O–H groups in total. The Labute approximate surface area is 159 Å². The van der Waals surface area contributed by atoms with Gasteiger partial charge in [0.25, 0.3) is 0 Å². The SMILES string of the molecule is Cc1cc(C(=O)COC(=O)/C=C/c2ccc(F)cc2)c(C)n1-c1nccs1. The molecule has 2 heterocycles. The number of halogens is 1. The highest BCUT2D eigenvalue weighted by atomic mass is 32.1. The van der Waals surface area contributed by atoms with Gasteiger partial charge in [0.2, 0.25) is 5.78 Å². The van der Waals surface area contributed by atoms with E-state index < -0.39 is 5.97 Å². The van der Waals surface area contributed by atoms with Crippen LogP contribution in [0.25, 0.3) is 11.2 Å². The van der Waals surface area contributed by atoms with Crippen LogP contribution >= 0.6 is 11.3 Å². The second kappa shape index (κ2) is 8.09. The van der Waals surface area contributed by atoms with Crippen molar-refractivity contribution in [1.29, 1.82) is 0 Å². The van der Waals surface area contributed by atoms with Crippen molar-refractivity contribution in [3.8, 4) is 5.13 Å². The second-order valence-corrected chi connectivity index (χ2v) is 6.72. The summed E-state index contributed by atoms with van der Waals surface area (Å²) in [5.74, 6) is -1.27. The molecule has 0 amide bonds. The summed E-state index contributed by atoms with van der Waals surface area (Å²) < 4.78 is 19.8. The van der Waals surface area contributed by atoms with Crippen LogP contribution in [0.3, 0.4) is 0 Å². The average molecular weight is 384 g/mol. The maximum absolute atomic E-state index is 12.9. The van der Waals surface area contributed by atoms with Crippen molar-refractivity contribution in [1.82, 2.24) is 9.55 Å². The maximum Gasteiger partial charge on any atom is 0.331 e. The number of hydrogen-bond acceptors (Lipinski definition) is 5. The molecule has 3 rings (SSSR count). The molecule has 0 aliphatic heterocycles. The lowest BCUT2D eigenvalue weighted by atomic mass is 10.1. The molecule has 1 aromatic carbocycles. The van der Waals surface area contributed by atoms with E-state index in [0.29, 0.717) is 11.1 Å². The molecule has 0 unspecified atom stereocenters. The summed E-state index contributed by atoms with van der Waals surface area (Å²) in [6, 6.07) is 7.44. The predicted molar refractivity (Wildman–Crippen MR) is 102 cm³/mol. The minimum absolute atomic E-state index is 0.283. The number of thiazole rings is 1. The Hall–Kier alpha value is -3.06. The first-order valence-electron chi connectivity index (χ1n) is 8.18. The van der Waals surface area contributed by atoms with Crippen molar-refractivity contribution < 1.29 is 18.7 Å². The fourth-order valence-electron chi connectivity index (χ4n) is 2.67. The van der Waals surface area contributed by atoms with Crippen molar-refractivity contribution >= 4 is 29.2 Å². The van der Waals surface area contributed by atoms with E-state index in [1.54, 1.807) is 12.3 Å². The van der Waals surface area contributed by atoms with Crippen molar-refractivity contribution in [2.45, 2.75) is 13.8 Å².